The highest BCUT2D eigenvalue weighted by Gasteiger charge is 2.35. The van der Waals surface area contributed by atoms with Crippen LogP contribution in [0.1, 0.15) is 12.5 Å². The van der Waals surface area contributed by atoms with Crippen LogP contribution >= 0.6 is 15.9 Å². The number of rotatable bonds is 7. The molecule has 3 rings (SSSR count). The molecule has 1 aliphatic rings. The maximum Gasteiger partial charge on any atom is 0.329 e. The van der Waals surface area contributed by atoms with Crippen molar-refractivity contribution in [1.82, 2.24) is 10.2 Å². The number of amides is 4. The molecule has 0 aromatic heterocycles. The minimum absolute atomic E-state index is 0.0109. The van der Waals surface area contributed by atoms with Gasteiger partial charge in [-0.05, 0) is 58.8 Å². The number of imide groups is 1. The van der Waals surface area contributed by atoms with Crippen molar-refractivity contribution in [2.45, 2.75) is 6.92 Å². The topological polar surface area (TPSA) is 97.0 Å². The van der Waals surface area contributed by atoms with Gasteiger partial charge in [0.1, 0.15) is 18.1 Å². The summed E-state index contributed by atoms with van der Waals surface area (Å²) in [6.45, 7) is 1.67. The number of ether oxygens (including phenoxy) is 2. The molecule has 162 valence electrons. The number of nitrogens with zero attached hydrogens (tertiary/aromatic N) is 1. The van der Waals surface area contributed by atoms with Crippen LogP contribution in [0.25, 0.3) is 6.08 Å². The largest absolute Gasteiger partial charge is 0.492 e. The molecule has 4 amide bonds. The summed E-state index contributed by atoms with van der Waals surface area (Å²) in [5.74, 6) is -1.05. The lowest BCUT2D eigenvalue weighted by atomic mass is 10.1. The number of nitrogens with one attached hydrogen (secondary N) is 2. The van der Waals surface area contributed by atoms with Gasteiger partial charge >= 0.3 is 6.03 Å². The second kappa shape index (κ2) is 9.61. The zero-order valence-corrected chi connectivity index (χ0v) is 18.3. The number of hydrogen-bond donors (Lipinski definition) is 2. The summed E-state index contributed by atoms with van der Waals surface area (Å²) in [5.41, 5.74) is 0.516. The van der Waals surface area contributed by atoms with Gasteiger partial charge in [0.2, 0.25) is 5.91 Å². The Balaban J connectivity index is 1.77. The molecule has 0 spiro atoms. The number of hydrogen-bond acceptors (Lipinski definition) is 5. The third-order valence-corrected chi connectivity index (χ3v) is 4.85. The first-order valence-electron chi connectivity index (χ1n) is 9.23. The molecule has 2 aromatic carbocycles. The van der Waals surface area contributed by atoms with Gasteiger partial charge in [-0.3, -0.25) is 9.59 Å². The van der Waals surface area contributed by atoms with Gasteiger partial charge in [-0.25, -0.2) is 14.1 Å². The Bertz CT molecular complexity index is 1070. The van der Waals surface area contributed by atoms with Crippen LogP contribution in [0.4, 0.5) is 14.9 Å². The molecule has 0 aliphatic carbocycles. The quantitative estimate of drug-likeness (QED) is 0.456. The predicted octanol–water partition coefficient (Wildman–Crippen LogP) is 3.53. The second-order valence-corrected chi connectivity index (χ2v) is 7.23. The molecule has 2 aromatic rings. The van der Waals surface area contributed by atoms with Gasteiger partial charge in [-0.1, -0.05) is 12.1 Å². The van der Waals surface area contributed by atoms with E-state index in [1.807, 2.05) is 6.92 Å². The normalized spacial score (nSPS) is 14.6. The molecule has 8 nitrogen and oxygen atoms in total. The van der Waals surface area contributed by atoms with Crippen LogP contribution in [-0.2, 0) is 9.59 Å². The lowest BCUT2D eigenvalue weighted by Crippen LogP contribution is -2.38. The zero-order valence-electron chi connectivity index (χ0n) is 16.7. The monoisotopic (exact) mass is 491 g/mol. The van der Waals surface area contributed by atoms with E-state index in [-0.39, 0.29) is 11.4 Å². The Morgan fingerprint density at radius 3 is 2.71 bits per heavy atom. The highest BCUT2D eigenvalue weighted by Crippen LogP contribution is 2.37. The van der Waals surface area contributed by atoms with E-state index < -0.39 is 30.2 Å². The van der Waals surface area contributed by atoms with E-state index in [1.54, 1.807) is 18.2 Å². The van der Waals surface area contributed by atoms with E-state index in [4.69, 9.17) is 9.47 Å². The molecule has 10 heteroatoms. The number of urea groups is 1. The molecule has 1 heterocycles. The smallest absolute Gasteiger partial charge is 0.329 e. The fraction of sp³-hybridized carbons (Fsp3) is 0.190. The van der Waals surface area contributed by atoms with Crippen molar-refractivity contribution in [1.29, 1.82) is 0 Å². The zero-order chi connectivity index (χ0) is 22.5. The van der Waals surface area contributed by atoms with Crippen molar-refractivity contribution in [2.75, 3.05) is 25.6 Å². The van der Waals surface area contributed by atoms with Gasteiger partial charge < -0.3 is 20.1 Å². The summed E-state index contributed by atoms with van der Waals surface area (Å²) < 4.78 is 25.1. The number of para-hydroxylation sites is 1. The first-order valence-corrected chi connectivity index (χ1v) is 10.0. The molecule has 1 aliphatic heterocycles. The summed E-state index contributed by atoms with van der Waals surface area (Å²) >= 11 is 3.39. The number of halogens is 2. The summed E-state index contributed by atoms with van der Waals surface area (Å²) in [6.07, 6.45) is 1.46. The maximum atomic E-state index is 13.7. The molecule has 0 bridgehead atoms. The van der Waals surface area contributed by atoms with Crippen LogP contribution in [0.15, 0.2) is 46.6 Å². The van der Waals surface area contributed by atoms with E-state index in [0.29, 0.717) is 28.1 Å². The number of anilines is 1. The fourth-order valence-electron chi connectivity index (χ4n) is 2.91. The molecule has 1 fully saturated rings. The molecule has 0 atom stereocenters. The van der Waals surface area contributed by atoms with Crippen molar-refractivity contribution in [3.8, 4) is 11.5 Å². The Hall–Kier alpha value is -3.40. The molecule has 0 unspecified atom stereocenters. The lowest BCUT2D eigenvalue weighted by molar-refractivity contribution is -0.127. The maximum absolute atomic E-state index is 13.7. The van der Waals surface area contributed by atoms with Gasteiger partial charge in [-0.2, -0.15) is 0 Å². The van der Waals surface area contributed by atoms with Crippen LogP contribution in [0, 0.1) is 5.82 Å². The highest BCUT2D eigenvalue weighted by atomic mass is 79.9. The molecule has 0 radical (unpaired) electrons. The molecule has 31 heavy (non-hydrogen) atoms. The predicted molar refractivity (Wildman–Crippen MR) is 115 cm³/mol. The van der Waals surface area contributed by atoms with Gasteiger partial charge in [-0.15, -0.1) is 0 Å². The first-order chi connectivity index (χ1) is 14.8. The van der Waals surface area contributed by atoms with Crippen molar-refractivity contribution >= 4 is 45.5 Å². The van der Waals surface area contributed by atoms with Gasteiger partial charge in [0.25, 0.3) is 5.91 Å². The summed E-state index contributed by atoms with van der Waals surface area (Å²) in [7, 11) is 1.51. The van der Waals surface area contributed by atoms with Crippen LogP contribution < -0.4 is 20.1 Å². The third-order valence-electron chi connectivity index (χ3n) is 4.26. The fourth-order valence-corrected chi connectivity index (χ4v) is 3.53. The van der Waals surface area contributed by atoms with E-state index in [9.17, 15) is 18.8 Å². The van der Waals surface area contributed by atoms with Gasteiger partial charge in [0.15, 0.2) is 11.5 Å². The summed E-state index contributed by atoms with van der Waals surface area (Å²) in [6, 6.07) is 8.20. The Labute approximate surface area is 186 Å². The third kappa shape index (κ3) is 5.02. The lowest BCUT2D eigenvalue weighted by Gasteiger charge is -2.12. The van der Waals surface area contributed by atoms with E-state index in [1.165, 1.54) is 31.4 Å². The number of carbonyl (C=O) groups excluding carboxylic acids is 3. The van der Waals surface area contributed by atoms with Crippen molar-refractivity contribution in [2.24, 2.45) is 0 Å². The summed E-state index contributed by atoms with van der Waals surface area (Å²) in [4.78, 5) is 37.8. The van der Waals surface area contributed by atoms with Gasteiger partial charge in [0, 0.05) is 0 Å². The van der Waals surface area contributed by atoms with E-state index in [0.717, 1.165) is 4.90 Å². The van der Waals surface area contributed by atoms with Crippen LogP contribution in [-0.4, -0.2) is 43.0 Å². The van der Waals surface area contributed by atoms with Crippen LogP contribution in [0.3, 0.4) is 0 Å². The number of methoxy groups -OCH3 is 1. The van der Waals surface area contributed by atoms with E-state index in [2.05, 4.69) is 26.6 Å². The standard InChI is InChI=1S/C21H19BrFN3O5/c1-3-31-17-10-12(8-13(22)19(17)30-2)9-16-20(28)26(21(29)25-16)11-18(27)24-15-7-5-4-6-14(15)23/h4-10H,3,11H2,1-2H3,(H,24,27)(H,25,29)/b16-9+. The molecular formula is C21H19BrFN3O5. The highest BCUT2D eigenvalue weighted by molar-refractivity contribution is 9.10. The van der Waals surface area contributed by atoms with Gasteiger partial charge in [0.05, 0.1) is 23.9 Å². The summed E-state index contributed by atoms with van der Waals surface area (Å²) in [5, 5.41) is 4.78. The second-order valence-electron chi connectivity index (χ2n) is 6.37. The first kappa shape index (κ1) is 22.3. The van der Waals surface area contributed by atoms with Crippen molar-refractivity contribution < 1.29 is 28.2 Å². The molecular weight excluding hydrogens is 473 g/mol. The Morgan fingerprint density at radius 2 is 2.03 bits per heavy atom. The molecule has 2 N–H and O–H groups in total. The van der Waals surface area contributed by atoms with Crippen LogP contribution in [0.2, 0.25) is 0 Å². The number of benzene rings is 2. The van der Waals surface area contributed by atoms with E-state index >= 15 is 0 Å². The minimum atomic E-state index is -0.752. The Morgan fingerprint density at radius 1 is 1.29 bits per heavy atom. The number of carbonyl (C=O) groups is 3. The van der Waals surface area contributed by atoms with Crippen molar-refractivity contribution in [3.63, 3.8) is 0 Å². The van der Waals surface area contributed by atoms with Crippen LogP contribution in [0.5, 0.6) is 11.5 Å². The molecule has 1 saturated heterocycles. The minimum Gasteiger partial charge on any atom is -0.492 e. The average Bonchev–Trinajstić information content (AvgIpc) is 2.97. The Kier molecular flexibility index (Phi) is 6.91. The average molecular weight is 492 g/mol. The van der Waals surface area contributed by atoms with Crippen molar-refractivity contribution in [3.05, 3.63) is 57.9 Å². The SMILES string of the molecule is CCOc1cc(/C=C2/NC(=O)N(CC(=O)Nc3ccccc3F)C2=O)cc(Br)c1OC. The molecule has 0 saturated carbocycles.